The van der Waals surface area contributed by atoms with Crippen LogP contribution in [0, 0.1) is 5.92 Å². The Morgan fingerprint density at radius 1 is 1.35 bits per heavy atom. The Hall–Kier alpha value is -1.61. The van der Waals surface area contributed by atoms with Crippen molar-refractivity contribution in [1.82, 2.24) is 15.1 Å². The zero-order chi connectivity index (χ0) is 11.7. The Labute approximate surface area is 101 Å². The molecule has 2 unspecified atom stereocenters. The molecule has 1 aliphatic carbocycles. The molecule has 0 radical (unpaired) electrons. The summed E-state index contributed by atoms with van der Waals surface area (Å²) in [6.07, 6.45) is 5.46. The van der Waals surface area contributed by atoms with Gasteiger partial charge in [-0.1, -0.05) is 18.2 Å². The molecule has 1 fully saturated rings. The Balaban J connectivity index is 1.76. The summed E-state index contributed by atoms with van der Waals surface area (Å²) >= 11 is 0. The summed E-state index contributed by atoms with van der Waals surface area (Å²) in [7, 11) is 2.02. The Morgan fingerprint density at radius 3 is 2.94 bits per heavy atom. The topological polar surface area (TPSA) is 29.9 Å². The summed E-state index contributed by atoms with van der Waals surface area (Å²) < 4.78 is 1.96. The SMILES string of the molecule is CNCC1CC1c1cnn(-c2ccccc2)c1. The Morgan fingerprint density at radius 2 is 2.18 bits per heavy atom. The average molecular weight is 227 g/mol. The molecule has 1 aliphatic rings. The first-order valence-corrected chi connectivity index (χ1v) is 6.13. The first-order valence-electron chi connectivity index (χ1n) is 6.13. The van der Waals surface area contributed by atoms with Gasteiger partial charge in [-0.15, -0.1) is 0 Å². The highest BCUT2D eigenvalue weighted by molar-refractivity contribution is 5.32. The summed E-state index contributed by atoms with van der Waals surface area (Å²) in [6, 6.07) is 10.3. The van der Waals surface area contributed by atoms with E-state index >= 15 is 0 Å². The zero-order valence-corrected chi connectivity index (χ0v) is 10.0. The third-order valence-electron chi connectivity index (χ3n) is 3.44. The largest absolute Gasteiger partial charge is 0.319 e. The van der Waals surface area contributed by atoms with Crippen molar-refractivity contribution in [2.75, 3.05) is 13.6 Å². The number of rotatable bonds is 4. The predicted molar refractivity (Wildman–Crippen MR) is 68.3 cm³/mol. The molecule has 3 heteroatoms. The van der Waals surface area contributed by atoms with Gasteiger partial charge in [-0.3, -0.25) is 0 Å². The van der Waals surface area contributed by atoms with Crippen LogP contribution in [0.25, 0.3) is 5.69 Å². The molecule has 2 atom stereocenters. The minimum absolute atomic E-state index is 0.708. The molecule has 1 saturated carbocycles. The summed E-state index contributed by atoms with van der Waals surface area (Å²) in [5.74, 6) is 1.51. The van der Waals surface area contributed by atoms with Crippen LogP contribution in [0.5, 0.6) is 0 Å². The molecule has 3 nitrogen and oxygen atoms in total. The molecule has 0 spiro atoms. The first kappa shape index (κ1) is 10.5. The lowest BCUT2D eigenvalue weighted by Crippen LogP contribution is -2.10. The smallest absolute Gasteiger partial charge is 0.0645 e. The quantitative estimate of drug-likeness (QED) is 0.867. The summed E-state index contributed by atoms with van der Waals surface area (Å²) in [6.45, 7) is 1.11. The van der Waals surface area contributed by atoms with Gasteiger partial charge in [0.15, 0.2) is 0 Å². The first-order chi connectivity index (χ1) is 8.38. The van der Waals surface area contributed by atoms with Crippen molar-refractivity contribution in [2.45, 2.75) is 12.3 Å². The second kappa shape index (κ2) is 4.34. The van der Waals surface area contributed by atoms with Crippen LogP contribution in [0.15, 0.2) is 42.7 Å². The van der Waals surface area contributed by atoms with Gasteiger partial charge >= 0.3 is 0 Å². The van der Waals surface area contributed by atoms with E-state index in [1.807, 2.05) is 36.1 Å². The van der Waals surface area contributed by atoms with Crippen LogP contribution in [-0.4, -0.2) is 23.4 Å². The van der Waals surface area contributed by atoms with Gasteiger partial charge in [-0.05, 0) is 49.5 Å². The van der Waals surface area contributed by atoms with Gasteiger partial charge in [0, 0.05) is 6.20 Å². The minimum Gasteiger partial charge on any atom is -0.319 e. The maximum atomic E-state index is 4.44. The third-order valence-corrected chi connectivity index (χ3v) is 3.44. The van der Waals surface area contributed by atoms with Gasteiger partial charge in [-0.2, -0.15) is 5.10 Å². The van der Waals surface area contributed by atoms with Gasteiger partial charge in [-0.25, -0.2) is 4.68 Å². The molecule has 1 heterocycles. The highest BCUT2D eigenvalue weighted by atomic mass is 15.3. The van der Waals surface area contributed by atoms with Crippen molar-refractivity contribution >= 4 is 0 Å². The number of hydrogen-bond donors (Lipinski definition) is 1. The number of nitrogens with one attached hydrogen (secondary N) is 1. The predicted octanol–water partition coefficient (Wildman–Crippen LogP) is 2.20. The van der Waals surface area contributed by atoms with Crippen molar-refractivity contribution in [3.63, 3.8) is 0 Å². The molecule has 1 N–H and O–H groups in total. The van der Waals surface area contributed by atoms with E-state index in [-0.39, 0.29) is 0 Å². The van der Waals surface area contributed by atoms with Crippen molar-refractivity contribution in [3.8, 4) is 5.69 Å². The maximum Gasteiger partial charge on any atom is 0.0645 e. The van der Waals surface area contributed by atoms with Gasteiger partial charge < -0.3 is 5.32 Å². The Bertz CT molecular complexity index is 489. The van der Waals surface area contributed by atoms with E-state index in [0.717, 1.165) is 18.2 Å². The zero-order valence-electron chi connectivity index (χ0n) is 10.0. The molecule has 88 valence electrons. The molecule has 3 rings (SSSR count). The van der Waals surface area contributed by atoms with Crippen LogP contribution in [-0.2, 0) is 0 Å². The lowest BCUT2D eigenvalue weighted by molar-refractivity contribution is 0.698. The van der Waals surface area contributed by atoms with Crippen LogP contribution in [0.4, 0.5) is 0 Å². The highest BCUT2D eigenvalue weighted by Crippen LogP contribution is 2.46. The molecular formula is C14H17N3. The molecule has 0 saturated heterocycles. The van der Waals surface area contributed by atoms with E-state index in [1.165, 1.54) is 12.0 Å². The fourth-order valence-electron chi connectivity index (χ4n) is 2.39. The van der Waals surface area contributed by atoms with Crippen LogP contribution < -0.4 is 5.32 Å². The number of nitrogens with zero attached hydrogens (tertiary/aromatic N) is 2. The van der Waals surface area contributed by atoms with Crippen molar-refractivity contribution in [3.05, 3.63) is 48.3 Å². The van der Waals surface area contributed by atoms with E-state index in [0.29, 0.717) is 5.92 Å². The summed E-state index contributed by atoms with van der Waals surface area (Å²) in [5.41, 5.74) is 2.50. The van der Waals surface area contributed by atoms with E-state index in [4.69, 9.17) is 0 Å². The Kier molecular flexibility index (Phi) is 2.69. The van der Waals surface area contributed by atoms with Crippen molar-refractivity contribution < 1.29 is 0 Å². The molecule has 17 heavy (non-hydrogen) atoms. The van der Waals surface area contributed by atoms with Crippen LogP contribution in [0.2, 0.25) is 0 Å². The van der Waals surface area contributed by atoms with Gasteiger partial charge in [0.2, 0.25) is 0 Å². The minimum atomic E-state index is 0.708. The molecule has 0 amide bonds. The third kappa shape index (κ3) is 2.11. The summed E-state index contributed by atoms with van der Waals surface area (Å²) in [5, 5.41) is 7.68. The second-order valence-electron chi connectivity index (χ2n) is 4.71. The van der Waals surface area contributed by atoms with Gasteiger partial charge in [0.25, 0.3) is 0 Å². The normalized spacial score (nSPS) is 22.6. The number of aromatic nitrogens is 2. The average Bonchev–Trinajstić information content (AvgIpc) is 2.97. The fourth-order valence-corrected chi connectivity index (χ4v) is 2.39. The second-order valence-corrected chi connectivity index (χ2v) is 4.71. The number of para-hydroxylation sites is 1. The van der Waals surface area contributed by atoms with E-state index in [1.54, 1.807) is 0 Å². The van der Waals surface area contributed by atoms with Gasteiger partial charge in [0.05, 0.1) is 11.9 Å². The van der Waals surface area contributed by atoms with Crippen molar-refractivity contribution in [2.24, 2.45) is 5.92 Å². The van der Waals surface area contributed by atoms with E-state index < -0.39 is 0 Å². The van der Waals surface area contributed by atoms with Crippen molar-refractivity contribution in [1.29, 1.82) is 0 Å². The van der Waals surface area contributed by atoms with E-state index in [2.05, 4.69) is 28.7 Å². The maximum absolute atomic E-state index is 4.44. The van der Waals surface area contributed by atoms with E-state index in [9.17, 15) is 0 Å². The molecule has 2 aromatic rings. The molecule has 0 aliphatic heterocycles. The standard InChI is InChI=1S/C14H17N3/c1-15-8-11-7-14(11)12-9-16-17(10-12)13-5-3-2-4-6-13/h2-6,9-11,14-15H,7-8H2,1H3. The van der Waals surface area contributed by atoms with Crippen LogP contribution >= 0.6 is 0 Å². The van der Waals surface area contributed by atoms with Crippen LogP contribution in [0.3, 0.4) is 0 Å². The highest BCUT2D eigenvalue weighted by Gasteiger charge is 2.38. The summed E-state index contributed by atoms with van der Waals surface area (Å²) in [4.78, 5) is 0. The molecule has 0 bridgehead atoms. The lowest BCUT2D eigenvalue weighted by Gasteiger charge is -1.99. The molecule has 1 aromatic heterocycles. The molecule has 1 aromatic carbocycles. The number of benzene rings is 1. The number of hydrogen-bond acceptors (Lipinski definition) is 2. The van der Waals surface area contributed by atoms with Crippen LogP contribution in [0.1, 0.15) is 17.9 Å². The lowest BCUT2D eigenvalue weighted by atomic mass is 10.2. The molecular weight excluding hydrogens is 210 g/mol. The monoisotopic (exact) mass is 227 g/mol. The van der Waals surface area contributed by atoms with Gasteiger partial charge in [0.1, 0.15) is 0 Å². The fraction of sp³-hybridized carbons (Fsp3) is 0.357.